The molecule has 2 aromatic heterocycles. The molecule has 0 bridgehead atoms. The molecule has 0 saturated carbocycles. The van der Waals surface area contributed by atoms with Crippen molar-refractivity contribution in [3.63, 3.8) is 0 Å². The number of benzene rings is 8. The smallest absolute Gasteiger partial charge is 0.164 e. The van der Waals surface area contributed by atoms with E-state index in [1.807, 2.05) is 24.3 Å². The molecular weight excluding hydrogens is 645 g/mol. The van der Waals surface area contributed by atoms with E-state index >= 15 is 0 Å². The van der Waals surface area contributed by atoms with Crippen molar-refractivity contribution in [3.05, 3.63) is 194 Å². The van der Waals surface area contributed by atoms with E-state index in [0.717, 1.165) is 49.7 Å². The Bertz CT molecular complexity index is 2910. The van der Waals surface area contributed by atoms with E-state index in [9.17, 15) is 0 Å². The number of nitrogens with zero attached hydrogens (tertiary/aromatic N) is 4. The van der Waals surface area contributed by atoms with Crippen LogP contribution in [0.5, 0.6) is 0 Å². The highest BCUT2D eigenvalue weighted by atomic mass is 15.0. The molecule has 0 aliphatic heterocycles. The van der Waals surface area contributed by atoms with Crippen LogP contribution in [0.15, 0.2) is 194 Å². The molecule has 0 aliphatic carbocycles. The van der Waals surface area contributed by atoms with E-state index < -0.39 is 0 Å². The summed E-state index contributed by atoms with van der Waals surface area (Å²) in [6.45, 7) is 0. The molecule has 0 amide bonds. The van der Waals surface area contributed by atoms with Crippen LogP contribution in [-0.2, 0) is 0 Å². The lowest BCUT2D eigenvalue weighted by Gasteiger charge is -2.15. The number of fused-ring (bicyclic) bond motifs is 4. The van der Waals surface area contributed by atoms with E-state index in [-0.39, 0.29) is 0 Å². The third kappa shape index (κ3) is 5.45. The van der Waals surface area contributed by atoms with Gasteiger partial charge in [-0.3, -0.25) is 0 Å². The molecule has 2 heterocycles. The van der Waals surface area contributed by atoms with Gasteiger partial charge in [0.15, 0.2) is 17.5 Å². The second-order valence-electron chi connectivity index (χ2n) is 13.3. The third-order valence-electron chi connectivity index (χ3n) is 10.0. The van der Waals surface area contributed by atoms with Gasteiger partial charge < -0.3 is 4.57 Å². The van der Waals surface area contributed by atoms with Gasteiger partial charge in [0, 0.05) is 32.8 Å². The molecule has 10 aromatic rings. The molecular formula is C49H32N4. The van der Waals surface area contributed by atoms with E-state index in [4.69, 9.17) is 15.0 Å². The Hall–Kier alpha value is -7.17. The van der Waals surface area contributed by atoms with Gasteiger partial charge in [-0.05, 0) is 51.9 Å². The fourth-order valence-electron chi connectivity index (χ4n) is 7.53. The summed E-state index contributed by atoms with van der Waals surface area (Å²) in [5.41, 5.74) is 10.9. The number of hydrogen-bond acceptors (Lipinski definition) is 3. The maximum absolute atomic E-state index is 5.18. The van der Waals surface area contributed by atoms with E-state index in [0.29, 0.717) is 17.5 Å². The van der Waals surface area contributed by atoms with Gasteiger partial charge in [-0.1, -0.05) is 170 Å². The number of rotatable bonds is 6. The first-order chi connectivity index (χ1) is 26.3. The first-order valence-corrected chi connectivity index (χ1v) is 17.9. The van der Waals surface area contributed by atoms with Crippen LogP contribution in [0.1, 0.15) is 0 Å². The summed E-state index contributed by atoms with van der Waals surface area (Å²) in [6.07, 6.45) is 0. The zero-order valence-electron chi connectivity index (χ0n) is 28.8. The third-order valence-corrected chi connectivity index (χ3v) is 10.0. The molecule has 8 aromatic carbocycles. The summed E-state index contributed by atoms with van der Waals surface area (Å²) >= 11 is 0. The van der Waals surface area contributed by atoms with Crippen LogP contribution < -0.4 is 0 Å². The minimum Gasteiger partial charge on any atom is -0.309 e. The van der Waals surface area contributed by atoms with Crippen molar-refractivity contribution in [2.24, 2.45) is 0 Å². The molecule has 0 saturated heterocycles. The van der Waals surface area contributed by atoms with Crippen LogP contribution in [0.3, 0.4) is 0 Å². The van der Waals surface area contributed by atoms with Crippen molar-refractivity contribution in [2.75, 3.05) is 0 Å². The Balaban J connectivity index is 1.20. The molecule has 0 spiro atoms. The average Bonchev–Trinajstić information content (AvgIpc) is 3.58. The van der Waals surface area contributed by atoms with Gasteiger partial charge in [0.05, 0.1) is 16.7 Å². The van der Waals surface area contributed by atoms with Crippen molar-refractivity contribution in [2.45, 2.75) is 0 Å². The standard InChI is InChI=1S/C49H32N4/c1-4-15-33(16-5-1)34-27-29-37(30-28-34)48-50-47(36-19-8-3-9-20-36)51-49(52-48)39-31-38-21-10-11-22-40(38)45(32-39)53-43-25-13-12-23-42(43)46-41(24-14-26-44(46)53)35-17-6-2-7-18-35/h1-32H. The zero-order chi connectivity index (χ0) is 35.1. The van der Waals surface area contributed by atoms with Gasteiger partial charge in [-0.2, -0.15) is 0 Å². The summed E-state index contributed by atoms with van der Waals surface area (Å²) in [5, 5.41) is 4.71. The number of aromatic nitrogens is 4. The van der Waals surface area contributed by atoms with Gasteiger partial charge in [-0.15, -0.1) is 0 Å². The first kappa shape index (κ1) is 30.6. The highest BCUT2D eigenvalue weighted by molar-refractivity contribution is 6.16. The van der Waals surface area contributed by atoms with Gasteiger partial charge in [-0.25, -0.2) is 15.0 Å². The Morgan fingerprint density at radius 2 is 0.811 bits per heavy atom. The molecule has 0 unspecified atom stereocenters. The maximum Gasteiger partial charge on any atom is 0.164 e. The Kier molecular flexibility index (Phi) is 7.43. The highest BCUT2D eigenvalue weighted by Crippen LogP contribution is 2.41. The SMILES string of the molecule is c1ccc(-c2ccc(-c3nc(-c4ccccc4)nc(-c4cc(-n5c6ccccc6c6c(-c7ccccc7)cccc65)c5ccccc5c4)n3)cc2)cc1. The highest BCUT2D eigenvalue weighted by Gasteiger charge is 2.20. The Morgan fingerprint density at radius 1 is 0.321 bits per heavy atom. The van der Waals surface area contributed by atoms with E-state index in [1.165, 1.54) is 27.5 Å². The zero-order valence-corrected chi connectivity index (χ0v) is 28.8. The summed E-state index contributed by atoms with van der Waals surface area (Å²) in [7, 11) is 0. The molecule has 53 heavy (non-hydrogen) atoms. The summed E-state index contributed by atoms with van der Waals surface area (Å²) < 4.78 is 2.41. The van der Waals surface area contributed by atoms with Crippen LogP contribution in [0.4, 0.5) is 0 Å². The molecule has 10 rings (SSSR count). The van der Waals surface area contributed by atoms with Crippen LogP contribution >= 0.6 is 0 Å². The van der Waals surface area contributed by atoms with Crippen LogP contribution in [0, 0.1) is 0 Å². The minimum absolute atomic E-state index is 0.624. The summed E-state index contributed by atoms with van der Waals surface area (Å²) in [6, 6.07) is 68.1. The van der Waals surface area contributed by atoms with Gasteiger partial charge >= 0.3 is 0 Å². The second-order valence-corrected chi connectivity index (χ2v) is 13.3. The molecule has 0 N–H and O–H groups in total. The lowest BCUT2D eigenvalue weighted by atomic mass is 9.99. The van der Waals surface area contributed by atoms with Crippen LogP contribution in [0.25, 0.3) is 94.7 Å². The van der Waals surface area contributed by atoms with Crippen LogP contribution in [-0.4, -0.2) is 19.5 Å². The van der Waals surface area contributed by atoms with E-state index in [2.05, 4.69) is 174 Å². The van der Waals surface area contributed by atoms with Gasteiger partial charge in [0.2, 0.25) is 0 Å². The topological polar surface area (TPSA) is 43.6 Å². The largest absolute Gasteiger partial charge is 0.309 e. The van der Waals surface area contributed by atoms with Crippen molar-refractivity contribution in [1.29, 1.82) is 0 Å². The molecule has 248 valence electrons. The van der Waals surface area contributed by atoms with Crippen molar-refractivity contribution < 1.29 is 0 Å². The van der Waals surface area contributed by atoms with Crippen LogP contribution in [0.2, 0.25) is 0 Å². The fraction of sp³-hybridized carbons (Fsp3) is 0. The van der Waals surface area contributed by atoms with Crippen molar-refractivity contribution >= 4 is 32.6 Å². The minimum atomic E-state index is 0.624. The lowest BCUT2D eigenvalue weighted by molar-refractivity contribution is 1.07. The molecule has 0 radical (unpaired) electrons. The van der Waals surface area contributed by atoms with Crippen molar-refractivity contribution in [3.8, 4) is 62.1 Å². The average molecular weight is 677 g/mol. The quantitative estimate of drug-likeness (QED) is 0.176. The van der Waals surface area contributed by atoms with Gasteiger partial charge in [0.25, 0.3) is 0 Å². The van der Waals surface area contributed by atoms with Crippen molar-refractivity contribution in [1.82, 2.24) is 19.5 Å². The summed E-state index contributed by atoms with van der Waals surface area (Å²) in [4.78, 5) is 15.3. The predicted molar refractivity (Wildman–Crippen MR) is 219 cm³/mol. The van der Waals surface area contributed by atoms with E-state index in [1.54, 1.807) is 0 Å². The fourth-order valence-corrected chi connectivity index (χ4v) is 7.53. The number of para-hydroxylation sites is 1. The molecule has 0 aliphatic rings. The molecule has 4 nitrogen and oxygen atoms in total. The predicted octanol–water partition coefficient (Wildman–Crippen LogP) is 12.5. The van der Waals surface area contributed by atoms with Gasteiger partial charge in [0.1, 0.15) is 0 Å². The monoisotopic (exact) mass is 676 g/mol. The number of hydrogen-bond donors (Lipinski definition) is 0. The normalized spacial score (nSPS) is 11.4. The molecule has 4 heteroatoms. The molecule has 0 atom stereocenters. The second kappa shape index (κ2) is 12.9. The molecule has 0 fully saturated rings. The Morgan fingerprint density at radius 3 is 1.51 bits per heavy atom. The lowest BCUT2D eigenvalue weighted by Crippen LogP contribution is -2.02. The summed E-state index contributed by atoms with van der Waals surface area (Å²) in [5.74, 6) is 1.89. The maximum atomic E-state index is 5.18. The first-order valence-electron chi connectivity index (χ1n) is 17.9. The Labute approximate surface area is 307 Å².